The predicted molar refractivity (Wildman–Crippen MR) is 87.8 cm³/mol. The number of anilines is 1. The molecule has 0 saturated carbocycles. The number of hydrogen-bond donors (Lipinski definition) is 1. The van der Waals surface area contributed by atoms with Gasteiger partial charge in [0.15, 0.2) is 0 Å². The Bertz CT molecular complexity index is 449. The van der Waals surface area contributed by atoms with Crippen LogP contribution in [0.25, 0.3) is 0 Å². The maximum Gasteiger partial charge on any atom is 0.0474 e. The first kappa shape index (κ1) is 15.6. The Morgan fingerprint density at radius 3 is 2.80 bits per heavy atom. The van der Waals surface area contributed by atoms with Crippen LogP contribution in [0.3, 0.4) is 0 Å². The molecule has 0 radical (unpaired) electrons. The summed E-state index contributed by atoms with van der Waals surface area (Å²) in [6, 6.07) is 7.33. The van der Waals surface area contributed by atoms with Gasteiger partial charge in [0.2, 0.25) is 0 Å². The number of rotatable bonds is 5. The lowest BCUT2D eigenvalue weighted by atomic mass is 10.1. The van der Waals surface area contributed by atoms with E-state index in [4.69, 9.17) is 11.6 Å². The zero-order valence-corrected chi connectivity index (χ0v) is 13.7. The van der Waals surface area contributed by atoms with E-state index in [-0.39, 0.29) is 6.04 Å². The Kier molecular flexibility index (Phi) is 5.30. The van der Waals surface area contributed by atoms with Crippen LogP contribution in [0.2, 0.25) is 5.02 Å². The van der Waals surface area contributed by atoms with Gasteiger partial charge < -0.3 is 15.1 Å². The van der Waals surface area contributed by atoms with Crippen LogP contribution in [-0.4, -0.2) is 45.2 Å². The first-order valence-corrected chi connectivity index (χ1v) is 7.78. The first-order valence-electron chi connectivity index (χ1n) is 7.41. The number of likely N-dealkylation sites (tertiary alicyclic amines) is 1. The quantitative estimate of drug-likeness (QED) is 0.900. The molecular formula is C16H26ClN3. The molecule has 0 amide bonds. The predicted octanol–water partition coefficient (Wildman–Crippen LogP) is 3.15. The second kappa shape index (κ2) is 6.79. The van der Waals surface area contributed by atoms with E-state index in [0.717, 1.165) is 17.1 Å². The lowest BCUT2D eigenvalue weighted by molar-refractivity contribution is 0.314. The molecule has 4 heteroatoms. The van der Waals surface area contributed by atoms with Crippen LogP contribution in [0.1, 0.15) is 31.4 Å². The summed E-state index contributed by atoms with van der Waals surface area (Å²) in [5, 5.41) is 4.07. The Hall–Kier alpha value is -0.770. The van der Waals surface area contributed by atoms with Crippen LogP contribution in [-0.2, 0) is 0 Å². The summed E-state index contributed by atoms with van der Waals surface area (Å²) in [5.41, 5.74) is 2.35. The highest BCUT2D eigenvalue weighted by Gasteiger charge is 2.22. The summed E-state index contributed by atoms with van der Waals surface area (Å²) >= 11 is 6.42. The SMILES string of the molecule is CNC(C)c1ccc(N(C)CC2CCCN2C)cc1Cl. The fourth-order valence-electron chi connectivity index (χ4n) is 2.89. The average Bonchev–Trinajstić information content (AvgIpc) is 2.83. The van der Waals surface area contributed by atoms with Gasteiger partial charge >= 0.3 is 0 Å². The normalized spacial score (nSPS) is 21.1. The van der Waals surface area contributed by atoms with Gasteiger partial charge in [0.25, 0.3) is 0 Å². The van der Waals surface area contributed by atoms with Gasteiger partial charge in [-0.1, -0.05) is 17.7 Å². The fraction of sp³-hybridized carbons (Fsp3) is 0.625. The molecule has 1 aromatic carbocycles. The van der Waals surface area contributed by atoms with E-state index >= 15 is 0 Å². The minimum absolute atomic E-state index is 0.280. The molecule has 20 heavy (non-hydrogen) atoms. The maximum atomic E-state index is 6.42. The molecule has 1 heterocycles. The van der Waals surface area contributed by atoms with Gasteiger partial charge in [-0.3, -0.25) is 0 Å². The zero-order chi connectivity index (χ0) is 14.7. The molecule has 1 N–H and O–H groups in total. The molecule has 0 aromatic heterocycles. The molecule has 3 nitrogen and oxygen atoms in total. The molecule has 1 fully saturated rings. The lowest BCUT2D eigenvalue weighted by Gasteiger charge is -2.28. The van der Waals surface area contributed by atoms with E-state index in [1.165, 1.54) is 25.1 Å². The number of benzene rings is 1. The summed E-state index contributed by atoms with van der Waals surface area (Å²) in [6.45, 7) is 4.41. The maximum absolute atomic E-state index is 6.42. The highest BCUT2D eigenvalue weighted by molar-refractivity contribution is 6.31. The van der Waals surface area contributed by atoms with Gasteiger partial charge in [0.1, 0.15) is 0 Å². The van der Waals surface area contributed by atoms with Crippen LogP contribution in [0.4, 0.5) is 5.69 Å². The van der Waals surface area contributed by atoms with Gasteiger partial charge in [-0.15, -0.1) is 0 Å². The van der Waals surface area contributed by atoms with Gasteiger partial charge in [0, 0.05) is 36.4 Å². The van der Waals surface area contributed by atoms with E-state index in [9.17, 15) is 0 Å². The van der Waals surface area contributed by atoms with Crippen molar-refractivity contribution in [1.29, 1.82) is 0 Å². The second-order valence-electron chi connectivity index (χ2n) is 5.87. The summed E-state index contributed by atoms with van der Waals surface area (Å²) in [7, 11) is 6.33. The minimum Gasteiger partial charge on any atom is -0.373 e. The number of nitrogens with zero attached hydrogens (tertiary/aromatic N) is 2. The van der Waals surface area contributed by atoms with Crippen molar-refractivity contribution in [3.8, 4) is 0 Å². The van der Waals surface area contributed by atoms with Crippen molar-refractivity contribution in [3.63, 3.8) is 0 Å². The van der Waals surface area contributed by atoms with E-state index in [2.05, 4.69) is 54.3 Å². The largest absolute Gasteiger partial charge is 0.373 e. The monoisotopic (exact) mass is 295 g/mol. The van der Waals surface area contributed by atoms with E-state index < -0.39 is 0 Å². The van der Waals surface area contributed by atoms with Gasteiger partial charge in [-0.25, -0.2) is 0 Å². The smallest absolute Gasteiger partial charge is 0.0474 e. The van der Waals surface area contributed by atoms with Crippen molar-refractivity contribution in [2.24, 2.45) is 0 Å². The summed E-state index contributed by atoms with van der Waals surface area (Å²) in [6.07, 6.45) is 2.61. The third-order valence-corrected chi connectivity index (χ3v) is 4.81. The third kappa shape index (κ3) is 3.46. The molecule has 0 spiro atoms. The number of hydrogen-bond acceptors (Lipinski definition) is 3. The van der Waals surface area contributed by atoms with Crippen molar-refractivity contribution in [2.75, 3.05) is 39.1 Å². The lowest BCUT2D eigenvalue weighted by Crippen LogP contribution is -2.36. The fourth-order valence-corrected chi connectivity index (χ4v) is 3.23. The minimum atomic E-state index is 0.280. The Morgan fingerprint density at radius 2 is 2.25 bits per heavy atom. The average molecular weight is 296 g/mol. The van der Waals surface area contributed by atoms with Crippen molar-refractivity contribution in [3.05, 3.63) is 28.8 Å². The molecule has 1 saturated heterocycles. The van der Waals surface area contributed by atoms with Crippen molar-refractivity contribution in [2.45, 2.75) is 31.8 Å². The van der Waals surface area contributed by atoms with Crippen LogP contribution < -0.4 is 10.2 Å². The zero-order valence-electron chi connectivity index (χ0n) is 13.0. The molecule has 1 aliphatic heterocycles. The molecule has 0 aliphatic carbocycles. The Morgan fingerprint density at radius 1 is 1.50 bits per heavy atom. The van der Waals surface area contributed by atoms with E-state index in [0.29, 0.717) is 6.04 Å². The molecule has 0 bridgehead atoms. The van der Waals surface area contributed by atoms with E-state index in [1.54, 1.807) is 0 Å². The van der Waals surface area contributed by atoms with Crippen LogP contribution in [0, 0.1) is 0 Å². The van der Waals surface area contributed by atoms with Crippen LogP contribution in [0.15, 0.2) is 18.2 Å². The first-order chi connectivity index (χ1) is 9.52. The number of halogens is 1. The highest BCUT2D eigenvalue weighted by atomic mass is 35.5. The molecular weight excluding hydrogens is 270 g/mol. The molecule has 2 rings (SSSR count). The Balaban J connectivity index is 2.06. The van der Waals surface area contributed by atoms with E-state index in [1.807, 2.05) is 7.05 Å². The Labute approximate surface area is 127 Å². The molecule has 1 aliphatic rings. The highest BCUT2D eigenvalue weighted by Crippen LogP contribution is 2.28. The third-order valence-electron chi connectivity index (χ3n) is 4.48. The topological polar surface area (TPSA) is 18.5 Å². The van der Waals surface area contributed by atoms with Crippen molar-refractivity contribution < 1.29 is 0 Å². The molecule has 2 atom stereocenters. The van der Waals surface area contributed by atoms with Gasteiger partial charge in [0.05, 0.1) is 0 Å². The summed E-state index contributed by atoms with van der Waals surface area (Å²) in [4.78, 5) is 4.77. The van der Waals surface area contributed by atoms with Crippen molar-refractivity contribution in [1.82, 2.24) is 10.2 Å². The van der Waals surface area contributed by atoms with Crippen LogP contribution in [0.5, 0.6) is 0 Å². The van der Waals surface area contributed by atoms with Crippen molar-refractivity contribution >= 4 is 17.3 Å². The van der Waals surface area contributed by atoms with Gasteiger partial charge in [-0.2, -0.15) is 0 Å². The molecule has 112 valence electrons. The second-order valence-corrected chi connectivity index (χ2v) is 6.28. The summed E-state index contributed by atoms with van der Waals surface area (Å²) < 4.78 is 0. The molecule has 2 unspecified atom stereocenters. The number of nitrogens with one attached hydrogen (secondary N) is 1. The standard InChI is InChI=1S/C16H26ClN3/c1-12(18-2)15-8-7-13(10-16(15)17)20(4)11-14-6-5-9-19(14)3/h7-8,10,12,14,18H,5-6,9,11H2,1-4H3. The number of likely N-dealkylation sites (N-methyl/N-ethyl adjacent to an activating group) is 2. The van der Waals surface area contributed by atoms with Crippen LogP contribution >= 0.6 is 11.6 Å². The summed E-state index contributed by atoms with van der Waals surface area (Å²) in [5.74, 6) is 0. The molecule has 1 aromatic rings. The van der Waals surface area contributed by atoms with Gasteiger partial charge in [-0.05, 0) is 58.1 Å².